The van der Waals surface area contributed by atoms with E-state index in [4.69, 9.17) is 78.0 Å². The Morgan fingerprint density at radius 3 is 1.48 bits per heavy atom. The van der Waals surface area contributed by atoms with Gasteiger partial charge in [-0.3, -0.25) is 0 Å². The molecule has 0 bridgehead atoms. The average Bonchev–Trinajstić information content (AvgIpc) is 2.40. The number of ether oxygens (including phenoxy) is 1. The van der Waals surface area contributed by atoms with Crippen molar-refractivity contribution in [3.8, 4) is 17.2 Å². The molecule has 2 rings (SSSR count). The van der Waals surface area contributed by atoms with Crippen LogP contribution in [0.3, 0.4) is 0 Å². The summed E-state index contributed by atoms with van der Waals surface area (Å²) in [6.45, 7) is 0. The number of hydrogen-bond acceptors (Lipinski definition) is 10. The smallest absolute Gasteiger partial charge is 0.169 e. The third-order valence-corrected chi connectivity index (χ3v) is 2.80. The second-order valence-electron chi connectivity index (χ2n) is 4.18. The first-order valence-corrected chi connectivity index (χ1v) is 10.2. The van der Waals surface area contributed by atoms with Gasteiger partial charge in [0.1, 0.15) is 5.75 Å². The van der Waals surface area contributed by atoms with Crippen LogP contribution in [0.2, 0.25) is 15.1 Å². The van der Waals surface area contributed by atoms with Gasteiger partial charge < -0.3 is 48.3 Å². The Bertz CT molecular complexity index is 765. The van der Waals surface area contributed by atoms with Crippen molar-refractivity contribution in [2.45, 2.75) is 0 Å². The summed E-state index contributed by atoms with van der Waals surface area (Å²) in [7, 11) is -10.8. The second-order valence-corrected chi connectivity index (χ2v) is 7.25. The van der Waals surface area contributed by atoms with Crippen LogP contribution in [0.5, 0.6) is 17.2 Å². The summed E-state index contributed by atoms with van der Waals surface area (Å²) in [6, 6.07) is 9.39. The molecule has 2 aromatic carbocycles. The number of phenolic OH excluding ortho intramolecular Hbond substituents is 1. The Morgan fingerprint density at radius 1 is 0.741 bits per heavy atom. The van der Waals surface area contributed by atoms with Crippen molar-refractivity contribution >= 4 is 50.4 Å². The molecule has 10 nitrogen and oxygen atoms in total. The third kappa shape index (κ3) is 15.8. The van der Waals surface area contributed by atoms with E-state index < -0.39 is 15.6 Å². The van der Waals surface area contributed by atoms with Gasteiger partial charge >= 0.3 is 0 Å². The van der Waals surface area contributed by atoms with Crippen molar-refractivity contribution < 1.29 is 48.3 Å². The minimum atomic E-state index is -5.39. The fourth-order valence-corrected chi connectivity index (χ4v) is 1.87. The van der Waals surface area contributed by atoms with E-state index in [1.54, 1.807) is 30.3 Å². The van der Waals surface area contributed by atoms with Crippen molar-refractivity contribution in [1.82, 2.24) is 0 Å². The number of phenols is 1. The third-order valence-electron chi connectivity index (χ3n) is 2.03. The average molecular weight is 479 g/mol. The molecular formula is C12H7Cl3O10P2-6. The van der Waals surface area contributed by atoms with Gasteiger partial charge in [0, 0.05) is 16.1 Å². The van der Waals surface area contributed by atoms with Crippen molar-refractivity contribution in [1.29, 1.82) is 0 Å². The molecule has 0 saturated carbocycles. The highest BCUT2D eigenvalue weighted by molar-refractivity contribution is 7.40. The topological polar surface area (TPSA) is 202 Å². The van der Waals surface area contributed by atoms with Crippen LogP contribution in [-0.4, -0.2) is 5.11 Å². The largest absolute Gasteiger partial charge is 0.822 e. The Balaban J connectivity index is 0.000000563. The lowest BCUT2D eigenvalue weighted by Crippen LogP contribution is -2.24. The summed E-state index contributed by atoms with van der Waals surface area (Å²) in [5, 5.41) is 10.9. The van der Waals surface area contributed by atoms with Crippen LogP contribution in [-0.2, 0) is 9.13 Å². The summed E-state index contributed by atoms with van der Waals surface area (Å²) < 4.78 is 22.5. The summed E-state index contributed by atoms with van der Waals surface area (Å²) in [6.07, 6.45) is 0. The maximum atomic E-state index is 9.62. The molecule has 0 fully saturated rings. The molecule has 0 spiro atoms. The van der Waals surface area contributed by atoms with E-state index in [2.05, 4.69) is 0 Å². The molecule has 27 heavy (non-hydrogen) atoms. The minimum absolute atomic E-state index is 0.0523. The van der Waals surface area contributed by atoms with Crippen LogP contribution in [0.1, 0.15) is 0 Å². The Morgan fingerprint density at radius 2 is 1.11 bits per heavy atom. The molecule has 0 aliphatic rings. The Hall–Kier alpha value is -0.870. The van der Waals surface area contributed by atoms with Crippen LogP contribution in [0.4, 0.5) is 0 Å². The zero-order valence-electron chi connectivity index (χ0n) is 12.6. The quantitative estimate of drug-likeness (QED) is 0.547. The Labute approximate surface area is 167 Å². The standard InChI is InChI=1S/C12H7Cl3O2.2H3O4P/c13-7-1-3-11(9(15)5-7)17-12-4-2-8(14)6-10(12)16;2*1-5(2,3)4/h1-6,16H;2*(H3,1,2,3,4)/p-6. The van der Waals surface area contributed by atoms with E-state index in [1.165, 1.54) is 6.07 Å². The molecule has 15 heteroatoms. The van der Waals surface area contributed by atoms with Crippen LogP contribution in [0.25, 0.3) is 0 Å². The van der Waals surface area contributed by atoms with Gasteiger partial charge in [0.25, 0.3) is 0 Å². The van der Waals surface area contributed by atoms with E-state index in [1.807, 2.05) is 0 Å². The summed E-state index contributed by atoms with van der Waals surface area (Å²) >= 11 is 17.4. The maximum absolute atomic E-state index is 9.62. The first-order valence-electron chi connectivity index (χ1n) is 6.14. The molecule has 0 aliphatic heterocycles. The number of halogens is 3. The number of aromatic hydroxyl groups is 1. The van der Waals surface area contributed by atoms with Gasteiger partial charge in [-0.25, -0.2) is 0 Å². The highest BCUT2D eigenvalue weighted by atomic mass is 35.5. The molecule has 0 atom stereocenters. The molecule has 0 unspecified atom stereocenters. The Kier molecular flexibility index (Phi) is 10.8. The van der Waals surface area contributed by atoms with Crippen molar-refractivity contribution in [3.05, 3.63) is 51.5 Å². The molecule has 0 saturated heterocycles. The van der Waals surface area contributed by atoms with Crippen LogP contribution in [0, 0.1) is 0 Å². The lowest BCUT2D eigenvalue weighted by Gasteiger charge is -2.36. The summed E-state index contributed by atoms with van der Waals surface area (Å²) in [5.74, 6) is 0.635. The highest BCUT2D eigenvalue weighted by Crippen LogP contribution is 2.36. The van der Waals surface area contributed by atoms with Crippen LogP contribution >= 0.6 is 50.4 Å². The van der Waals surface area contributed by atoms with Crippen molar-refractivity contribution in [2.75, 3.05) is 0 Å². The highest BCUT2D eigenvalue weighted by Gasteiger charge is 2.08. The zero-order chi connectivity index (χ0) is 21.4. The number of phosphoric acid groups is 2. The van der Waals surface area contributed by atoms with E-state index in [-0.39, 0.29) is 11.5 Å². The van der Waals surface area contributed by atoms with Gasteiger partial charge in [0.15, 0.2) is 11.5 Å². The normalized spacial score (nSPS) is 10.9. The van der Waals surface area contributed by atoms with Gasteiger partial charge in [0.05, 0.1) is 5.02 Å². The molecule has 152 valence electrons. The molecule has 2 aromatic rings. The predicted molar refractivity (Wildman–Crippen MR) is 84.9 cm³/mol. The summed E-state index contributed by atoms with van der Waals surface area (Å²) in [5.41, 5.74) is 0. The van der Waals surface area contributed by atoms with Crippen molar-refractivity contribution in [3.63, 3.8) is 0 Å². The minimum Gasteiger partial charge on any atom is -0.822 e. The maximum Gasteiger partial charge on any atom is 0.169 e. The number of benzene rings is 2. The fraction of sp³-hybridized carbons (Fsp3) is 0. The monoisotopic (exact) mass is 478 g/mol. The lowest BCUT2D eigenvalue weighted by molar-refractivity contribution is -0.434. The van der Waals surface area contributed by atoms with E-state index in [0.29, 0.717) is 20.8 Å². The predicted octanol–water partition coefficient (Wildman–Crippen LogP) is -0.504. The second kappa shape index (κ2) is 11.2. The SMILES string of the molecule is O=P([O-])([O-])[O-].O=P([O-])([O-])[O-].Oc1cc(Cl)ccc1Oc1ccc(Cl)cc1Cl. The molecule has 0 aliphatic carbocycles. The van der Waals surface area contributed by atoms with Gasteiger partial charge in [-0.15, -0.1) is 0 Å². The molecule has 0 amide bonds. The first kappa shape index (κ1) is 26.1. The first-order chi connectivity index (χ1) is 12.1. The zero-order valence-corrected chi connectivity index (χ0v) is 16.7. The van der Waals surface area contributed by atoms with Gasteiger partial charge in [-0.05, 0) is 30.3 Å². The van der Waals surface area contributed by atoms with Crippen molar-refractivity contribution in [2.24, 2.45) is 0 Å². The molecular weight excluding hydrogens is 472 g/mol. The van der Waals surface area contributed by atoms with Crippen LogP contribution in [0.15, 0.2) is 36.4 Å². The van der Waals surface area contributed by atoms with Gasteiger partial charge in [0.2, 0.25) is 0 Å². The van der Waals surface area contributed by atoms with E-state index in [0.717, 1.165) is 0 Å². The fourth-order valence-electron chi connectivity index (χ4n) is 1.25. The van der Waals surface area contributed by atoms with Crippen LogP contribution < -0.4 is 34.1 Å². The lowest BCUT2D eigenvalue weighted by atomic mass is 10.3. The van der Waals surface area contributed by atoms with Gasteiger partial charge in [-0.2, -0.15) is 15.6 Å². The molecule has 0 aromatic heterocycles. The molecule has 0 radical (unpaired) electrons. The van der Waals surface area contributed by atoms with E-state index >= 15 is 0 Å². The van der Waals surface area contributed by atoms with E-state index in [9.17, 15) is 5.11 Å². The number of rotatable bonds is 2. The molecule has 0 heterocycles. The molecule has 1 N–H and O–H groups in total. The number of hydrogen-bond donors (Lipinski definition) is 1. The summed E-state index contributed by atoms with van der Waals surface area (Å²) in [4.78, 5) is 51.3. The van der Waals surface area contributed by atoms with Gasteiger partial charge in [-0.1, -0.05) is 34.8 Å².